The average molecular weight is 308 g/mol. The lowest BCUT2D eigenvalue weighted by molar-refractivity contribution is 0.0344. The third-order valence-electron chi connectivity index (χ3n) is 4.58. The van der Waals surface area contributed by atoms with E-state index in [2.05, 4.69) is 4.98 Å². The third-order valence-corrected chi connectivity index (χ3v) is 4.58. The molecule has 2 aliphatic heterocycles. The van der Waals surface area contributed by atoms with Gasteiger partial charge in [0.1, 0.15) is 5.82 Å². The number of fused-ring (bicyclic) bond motifs is 2. The molecule has 22 heavy (non-hydrogen) atoms. The maximum atomic E-state index is 12.4. The first kappa shape index (κ1) is 15.0. The number of carbonyl (C=O) groups is 1. The molecule has 0 bridgehead atoms. The second-order valence-electron chi connectivity index (χ2n) is 5.81. The number of aromatic nitrogens is 2. The number of nitrogens with zero attached hydrogens (tertiary/aromatic N) is 2. The Morgan fingerprint density at radius 1 is 1.41 bits per heavy atom. The number of hydrogen-bond acceptors (Lipinski definition) is 6. The van der Waals surface area contributed by atoms with E-state index in [9.17, 15) is 14.7 Å². The van der Waals surface area contributed by atoms with Gasteiger partial charge in [-0.05, 0) is 32.6 Å². The van der Waals surface area contributed by atoms with Crippen LogP contribution in [0.2, 0.25) is 0 Å². The van der Waals surface area contributed by atoms with Crippen LogP contribution in [-0.4, -0.2) is 40.4 Å². The molecule has 0 atom stereocenters. The summed E-state index contributed by atoms with van der Waals surface area (Å²) in [5.41, 5.74) is -1.07. The molecule has 120 valence electrons. The molecule has 3 heterocycles. The Bertz CT molecular complexity index is 646. The van der Waals surface area contributed by atoms with E-state index in [4.69, 9.17) is 9.47 Å². The Hall–Kier alpha value is -1.89. The molecular weight excluding hydrogens is 288 g/mol. The number of carbonyl (C=O) groups excluding carboxylic acids is 1. The Labute approximate surface area is 127 Å². The molecule has 0 amide bonds. The van der Waals surface area contributed by atoms with Gasteiger partial charge in [0.05, 0.1) is 6.61 Å². The highest BCUT2D eigenvalue weighted by Gasteiger charge is 2.41. The van der Waals surface area contributed by atoms with Crippen molar-refractivity contribution >= 4 is 5.97 Å². The van der Waals surface area contributed by atoms with Crippen LogP contribution in [0.1, 0.15) is 48.9 Å². The molecule has 1 spiro atoms. The Kier molecular flexibility index (Phi) is 3.90. The van der Waals surface area contributed by atoms with Crippen molar-refractivity contribution in [1.29, 1.82) is 0 Å². The van der Waals surface area contributed by atoms with Crippen molar-refractivity contribution < 1.29 is 19.4 Å². The number of ether oxygens (including phenoxy) is 2. The molecule has 1 aromatic heterocycles. The van der Waals surface area contributed by atoms with Gasteiger partial charge in [0, 0.05) is 25.2 Å². The van der Waals surface area contributed by atoms with Crippen molar-refractivity contribution in [3.05, 3.63) is 21.9 Å². The van der Waals surface area contributed by atoms with Gasteiger partial charge in [0.15, 0.2) is 5.69 Å². The van der Waals surface area contributed by atoms with Crippen molar-refractivity contribution in [2.45, 2.75) is 44.6 Å². The summed E-state index contributed by atoms with van der Waals surface area (Å²) in [6.45, 7) is 3.58. The second kappa shape index (κ2) is 5.72. The summed E-state index contributed by atoms with van der Waals surface area (Å²) in [6.07, 6.45) is 3.31. The topological polar surface area (TPSA) is 90.7 Å². The average Bonchev–Trinajstić information content (AvgIpc) is 2.52. The fourth-order valence-corrected chi connectivity index (χ4v) is 3.42. The van der Waals surface area contributed by atoms with E-state index in [1.54, 1.807) is 6.92 Å². The third kappa shape index (κ3) is 2.29. The first-order valence-electron chi connectivity index (χ1n) is 7.68. The first-order chi connectivity index (χ1) is 10.6. The largest absolute Gasteiger partial charge is 0.501 e. The molecule has 0 aromatic carbocycles. The molecule has 2 aliphatic rings. The van der Waals surface area contributed by atoms with Crippen LogP contribution < -0.4 is 5.56 Å². The molecule has 7 nitrogen and oxygen atoms in total. The minimum absolute atomic E-state index is 0.164. The van der Waals surface area contributed by atoms with Crippen molar-refractivity contribution in [3.8, 4) is 5.75 Å². The van der Waals surface area contributed by atoms with Gasteiger partial charge in [-0.2, -0.15) is 0 Å². The van der Waals surface area contributed by atoms with Crippen LogP contribution in [0.15, 0.2) is 4.79 Å². The van der Waals surface area contributed by atoms with Gasteiger partial charge in [0.25, 0.3) is 5.56 Å². The number of hydrogen-bond donors (Lipinski definition) is 1. The van der Waals surface area contributed by atoms with Gasteiger partial charge in [-0.3, -0.25) is 9.36 Å². The molecule has 1 aromatic rings. The second-order valence-corrected chi connectivity index (χ2v) is 5.81. The fraction of sp³-hybridized carbons (Fsp3) is 0.667. The van der Waals surface area contributed by atoms with Crippen LogP contribution in [-0.2, 0) is 21.4 Å². The van der Waals surface area contributed by atoms with Crippen LogP contribution in [0.3, 0.4) is 0 Å². The van der Waals surface area contributed by atoms with E-state index in [1.807, 2.05) is 0 Å². The van der Waals surface area contributed by atoms with Gasteiger partial charge in [0.2, 0.25) is 5.75 Å². The summed E-state index contributed by atoms with van der Waals surface area (Å²) in [4.78, 5) is 28.7. The molecule has 7 heteroatoms. The van der Waals surface area contributed by atoms with Crippen molar-refractivity contribution in [2.24, 2.45) is 0 Å². The van der Waals surface area contributed by atoms with Crippen LogP contribution in [0.4, 0.5) is 0 Å². The van der Waals surface area contributed by atoms with E-state index in [1.165, 1.54) is 4.57 Å². The summed E-state index contributed by atoms with van der Waals surface area (Å²) >= 11 is 0. The summed E-state index contributed by atoms with van der Waals surface area (Å²) < 4.78 is 11.8. The summed E-state index contributed by atoms with van der Waals surface area (Å²) in [5.74, 6) is -0.785. The highest BCUT2D eigenvalue weighted by molar-refractivity contribution is 5.90. The van der Waals surface area contributed by atoms with Crippen LogP contribution in [0.5, 0.6) is 5.75 Å². The van der Waals surface area contributed by atoms with Gasteiger partial charge < -0.3 is 14.6 Å². The van der Waals surface area contributed by atoms with Gasteiger partial charge in [-0.1, -0.05) is 0 Å². The lowest BCUT2D eigenvalue weighted by Gasteiger charge is -2.41. The number of esters is 1. The number of rotatable bonds is 2. The zero-order valence-corrected chi connectivity index (χ0v) is 12.6. The standard InChI is InChI=1S/C15H20N2O5/c1-2-22-13(20)10-11(18)12(19)17-7-3-4-15(14(17)16-10)5-8-21-9-6-15/h18H,2-9H2,1H3. The van der Waals surface area contributed by atoms with Crippen LogP contribution in [0, 0.1) is 0 Å². The summed E-state index contributed by atoms with van der Waals surface area (Å²) in [5, 5.41) is 10.0. The van der Waals surface area contributed by atoms with E-state index in [-0.39, 0.29) is 17.7 Å². The van der Waals surface area contributed by atoms with Crippen molar-refractivity contribution in [2.75, 3.05) is 19.8 Å². The summed E-state index contributed by atoms with van der Waals surface area (Å²) in [7, 11) is 0. The quantitative estimate of drug-likeness (QED) is 0.819. The highest BCUT2D eigenvalue weighted by Crippen LogP contribution is 2.40. The van der Waals surface area contributed by atoms with E-state index >= 15 is 0 Å². The molecule has 0 unspecified atom stereocenters. The Balaban J connectivity index is 2.15. The predicted octanol–water partition coefficient (Wildman–Crippen LogP) is 0.968. The van der Waals surface area contributed by atoms with Crippen LogP contribution in [0.25, 0.3) is 0 Å². The van der Waals surface area contributed by atoms with E-state index < -0.39 is 17.3 Å². The minimum atomic E-state index is -0.756. The van der Waals surface area contributed by atoms with E-state index in [0.29, 0.717) is 25.6 Å². The Morgan fingerprint density at radius 3 is 2.82 bits per heavy atom. The Morgan fingerprint density at radius 2 is 2.14 bits per heavy atom. The molecule has 0 radical (unpaired) electrons. The lowest BCUT2D eigenvalue weighted by Crippen LogP contribution is -2.44. The number of aromatic hydroxyl groups is 1. The molecule has 1 saturated heterocycles. The predicted molar refractivity (Wildman–Crippen MR) is 77.1 cm³/mol. The lowest BCUT2D eigenvalue weighted by atomic mass is 9.73. The maximum Gasteiger partial charge on any atom is 0.361 e. The van der Waals surface area contributed by atoms with Gasteiger partial charge in [-0.25, -0.2) is 9.78 Å². The SMILES string of the molecule is CCOC(=O)c1nc2n(c(=O)c1O)CCCC21CCOCC1. The first-order valence-corrected chi connectivity index (χ1v) is 7.68. The zero-order chi connectivity index (χ0) is 15.7. The monoisotopic (exact) mass is 308 g/mol. The minimum Gasteiger partial charge on any atom is -0.501 e. The van der Waals surface area contributed by atoms with Crippen molar-refractivity contribution in [3.63, 3.8) is 0 Å². The highest BCUT2D eigenvalue weighted by atomic mass is 16.5. The molecular formula is C15H20N2O5. The van der Waals surface area contributed by atoms with Crippen molar-refractivity contribution in [1.82, 2.24) is 9.55 Å². The van der Waals surface area contributed by atoms with Gasteiger partial charge in [-0.15, -0.1) is 0 Å². The maximum absolute atomic E-state index is 12.4. The van der Waals surface area contributed by atoms with Gasteiger partial charge >= 0.3 is 5.97 Å². The fourth-order valence-electron chi connectivity index (χ4n) is 3.42. The zero-order valence-electron chi connectivity index (χ0n) is 12.6. The van der Waals surface area contributed by atoms with Crippen LogP contribution >= 0.6 is 0 Å². The molecule has 0 saturated carbocycles. The van der Waals surface area contributed by atoms with E-state index in [0.717, 1.165) is 25.7 Å². The normalized spacial score (nSPS) is 19.7. The molecule has 3 rings (SSSR count). The smallest absolute Gasteiger partial charge is 0.361 e. The molecule has 0 aliphatic carbocycles. The summed E-state index contributed by atoms with van der Waals surface area (Å²) in [6, 6.07) is 0. The molecule has 1 N–H and O–H groups in total. The molecule has 1 fully saturated rings.